The Morgan fingerprint density at radius 1 is 1.00 bits per heavy atom. The summed E-state index contributed by atoms with van der Waals surface area (Å²) in [6.07, 6.45) is 0. The summed E-state index contributed by atoms with van der Waals surface area (Å²) in [6, 6.07) is 9.82. The number of phenolic OH excluding ortho intramolecular Hbond substituents is 1. The molecular formula is C16H10O5. The highest BCUT2D eigenvalue weighted by Gasteiger charge is 2.16. The van der Waals surface area contributed by atoms with Crippen LogP contribution in [-0.4, -0.2) is 12.2 Å². The third-order valence-electron chi connectivity index (χ3n) is 3.51. The van der Waals surface area contributed by atoms with Crippen molar-refractivity contribution in [2.75, 3.05) is 7.11 Å². The molecular weight excluding hydrogens is 272 g/mol. The van der Waals surface area contributed by atoms with E-state index >= 15 is 0 Å². The van der Waals surface area contributed by atoms with Crippen LogP contribution in [0.1, 0.15) is 0 Å². The Morgan fingerprint density at radius 2 is 1.86 bits per heavy atom. The van der Waals surface area contributed by atoms with Gasteiger partial charge in [-0.2, -0.15) is 0 Å². The Bertz CT molecular complexity index is 1060. The molecule has 2 heterocycles. The topological polar surface area (TPSA) is 72.8 Å². The van der Waals surface area contributed by atoms with Gasteiger partial charge < -0.3 is 18.7 Å². The molecule has 0 aliphatic carbocycles. The van der Waals surface area contributed by atoms with Gasteiger partial charge in [-0.15, -0.1) is 0 Å². The van der Waals surface area contributed by atoms with E-state index in [0.29, 0.717) is 38.7 Å². The second kappa shape index (κ2) is 4.02. The predicted octanol–water partition coefficient (Wildman–Crippen LogP) is 3.41. The Kier molecular flexibility index (Phi) is 2.27. The van der Waals surface area contributed by atoms with E-state index in [2.05, 4.69) is 0 Å². The quantitative estimate of drug-likeness (QED) is 0.542. The van der Waals surface area contributed by atoms with Gasteiger partial charge in [0.25, 0.3) is 0 Å². The van der Waals surface area contributed by atoms with E-state index in [0.717, 1.165) is 0 Å². The van der Waals surface area contributed by atoms with E-state index < -0.39 is 5.63 Å². The SMILES string of the molecule is COc1ccc2c(c1)oc(=O)c1c3cc(O)ccc3oc21. The summed E-state index contributed by atoms with van der Waals surface area (Å²) in [4.78, 5) is 12.2. The van der Waals surface area contributed by atoms with Gasteiger partial charge in [-0.25, -0.2) is 4.79 Å². The summed E-state index contributed by atoms with van der Waals surface area (Å²) in [7, 11) is 1.54. The van der Waals surface area contributed by atoms with Crippen LogP contribution in [0.5, 0.6) is 11.5 Å². The Hall–Kier alpha value is -2.95. The monoisotopic (exact) mass is 282 g/mol. The maximum atomic E-state index is 12.2. The number of methoxy groups -OCH3 is 1. The van der Waals surface area contributed by atoms with Crippen molar-refractivity contribution >= 4 is 32.9 Å². The Morgan fingerprint density at radius 3 is 2.67 bits per heavy atom. The highest BCUT2D eigenvalue weighted by atomic mass is 16.5. The first-order valence-corrected chi connectivity index (χ1v) is 6.33. The van der Waals surface area contributed by atoms with Crippen LogP contribution >= 0.6 is 0 Å². The van der Waals surface area contributed by atoms with Gasteiger partial charge in [-0.05, 0) is 30.3 Å². The molecule has 5 nitrogen and oxygen atoms in total. The predicted molar refractivity (Wildman–Crippen MR) is 78.0 cm³/mol. The summed E-state index contributed by atoms with van der Waals surface area (Å²) in [6.45, 7) is 0. The molecule has 5 heteroatoms. The van der Waals surface area contributed by atoms with Crippen LogP contribution in [0, 0.1) is 0 Å². The van der Waals surface area contributed by atoms with Crippen molar-refractivity contribution in [2.24, 2.45) is 0 Å². The summed E-state index contributed by atoms with van der Waals surface area (Å²) < 4.78 is 16.2. The van der Waals surface area contributed by atoms with Crippen molar-refractivity contribution in [1.82, 2.24) is 0 Å². The first kappa shape index (κ1) is 11.8. The molecule has 0 fully saturated rings. The number of phenols is 1. The molecule has 0 amide bonds. The molecule has 1 N–H and O–H groups in total. The molecule has 104 valence electrons. The van der Waals surface area contributed by atoms with Gasteiger partial charge in [0.15, 0.2) is 5.58 Å². The molecule has 21 heavy (non-hydrogen) atoms. The maximum Gasteiger partial charge on any atom is 0.348 e. The molecule has 0 aliphatic heterocycles. The number of furan rings is 1. The second-order valence-corrected chi connectivity index (χ2v) is 4.74. The molecule has 0 bridgehead atoms. The van der Waals surface area contributed by atoms with Gasteiger partial charge in [-0.1, -0.05) is 0 Å². The lowest BCUT2D eigenvalue weighted by Crippen LogP contribution is -1.98. The average Bonchev–Trinajstić information content (AvgIpc) is 2.86. The van der Waals surface area contributed by atoms with Crippen LogP contribution in [0.2, 0.25) is 0 Å². The van der Waals surface area contributed by atoms with Crippen molar-refractivity contribution < 1.29 is 18.7 Å². The minimum Gasteiger partial charge on any atom is -0.508 e. The molecule has 0 unspecified atom stereocenters. The van der Waals surface area contributed by atoms with Gasteiger partial charge in [0.05, 0.1) is 12.5 Å². The molecule has 0 spiro atoms. The second-order valence-electron chi connectivity index (χ2n) is 4.74. The first-order chi connectivity index (χ1) is 10.2. The van der Waals surface area contributed by atoms with Crippen LogP contribution in [0.4, 0.5) is 0 Å². The van der Waals surface area contributed by atoms with E-state index in [1.54, 1.807) is 31.4 Å². The molecule has 0 saturated carbocycles. The fourth-order valence-corrected chi connectivity index (χ4v) is 2.53. The molecule has 0 saturated heterocycles. The summed E-state index contributed by atoms with van der Waals surface area (Å²) in [5, 5.41) is 11.1. The number of fused-ring (bicyclic) bond motifs is 5. The van der Waals surface area contributed by atoms with E-state index in [1.807, 2.05) is 0 Å². The maximum absolute atomic E-state index is 12.2. The fourth-order valence-electron chi connectivity index (χ4n) is 2.53. The number of rotatable bonds is 1. The largest absolute Gasteiger partial charge is 0.508 e. The highest BCUT2D eigenvalue weighted by molar-refractivity contribution is 6.13. The lowest BCUT2D eigenvalue weighted by Gasteiger charge is -2.01. The van der Waals surface area contributed by atoms with E-state index in [4.69, 9.17) is 13.6 Å². The van der Waals surface area contributed by atoms with Gasteiger partial charge in [0, 0.05) is 11.5 Å². The molecule has 2 aromatic heterocycles. The number of hydrogen-bond acceptors (Lipinski definition) is 5. The minimum absolute atomic E-state index is 0.0689. The molecule has 4 aromatic rings. The summed E-state index contributed by atoms with van der Waals surface area (Å²) >= 11 is 0. The third kappa shape index (κ3) is 1.61. The van der Waals surface area contributed by atoms with Crippen LogP contribution in [0.25, 0.3) is 32.9 Å². The van der Waals surface area contributed by atoms with Crippen molar-refractivity contribution in [2.45, 2.75) is 0 Å². The van der Waals surface area contributed by atoms with Gasteiger partial charge in [-0.3, -0.25) is 0 Å². The average molecular weight is 282 g/mol. The zero-order valence-electron chi connectivity index (χ0n) is 11.0. The Labute approximate surface area is 118 Å². The van der Waals surface area contributed by atoms with E-state index in [-0.39, 0.29) is 5.75 Å². The molecule has 0 radical (unpaired) electrons. The standard InChI is InChI=1S/C16H10O5/c1-19-9-3-4-10-13(7-9)21-16(18)14-11-6-8(17)2-5-12(11)20-15(10)14/h2-7,17H,1H3. The molecule has 0 aliphatic rings. The normalized spacial score (nSPS) is 11.5. The Balaban J connectivity index is 2.25. The lowest BCUT2D eigenvalue weighted by atomic mass is 10.1. The van der Waals surface area contributed by atoms with Crippen LogP contribution in [0.3, 0.4) is 0 Å². The van der Waals surface area contributed by atoms with E-state index in [1.165, 1.54) is 12.1 Å². The third-order valence-corrected chi connectivity index (χ3v) is 3.51. The van der Waals surface area contributed by atoms with Crippen molar-refractivity contribution in [3.8, 4) is 11.5 Å². The van der Waals surface area contributed by atoms with Gasteiger partial charge in [0.2, 0.25) is 0 Å². The van der Waals surface area contributed by atoms with Gasteiger partial charge >= 0.3 is 5.63 Å². The fraction of sp³-hybridized carbons (Fsp3) is 0.0625. The van der Waals surface area contributed by atoms with Crippen LogP contribution in [-0.2, 0) is 0 Å². The van der Waals surface area contributed by atoms with E-state index in [9.17, 15) is 9.90 Å². The smallest absolute Gasteiger partial charge is 0.348 e. The molecule has 2 aromatic carbocycles. The number of ether oxygens (including phenoxy) is 1. The van der Waals surface area contributed by atoms with Crippen molar-refractivity contribution in [1.29, 1.82) is 0 Å². The van der Waals surface area contributed by atoms with Crippen molar-refractivity contribution in [3.63, 3.8) is 0 Å². The van der Waals surface area contributed by atoms with Crippen LogP contribution < -0.4 is 10.4 Å². The van der Waals surface area contributed by atoms with Gasteiger partial charge in [0.1, 0.15) is 28.1 Å². The first-order valence-electron chi connectivity index (χ1n) is 6.33. The molecule has 4 rings (SSSR count). The lowest BCUT2D eigenvalue weighted by molar-refractivity contribution is 0.414. The van der Waals surface area contributed by atoms with Crippen molar-refractivity contribution in [3.05, 3.63) is 46.8 Å². The zero-order chi connectivity index (χ0) is 14.6. The minimum atomic E-state index is -0.505. The number of hydrogen-bond donors (Lipinski definition) is 1. The number of benzene rings is 2. The van der Waals surface area contributed by atoms with Crippen LogP contribution in [0.15, 0.2) is 50.0 Å². The molecule has 0 atom stereocenters. The summed E-state index contributed by atoms with van der Waals surface area (Å²) in [5.41, 5.74) is 0.869. The summed E-state index contributed by atoms with van der Waals surface area (Å²) in [5.74, 6) is 0.665. The zero-order valence-corrected chi connectivity index (χ0v) is 11.0. The highest BCUT2D eigenvalue weighted by Crippen LogP contribution is 2.34. The number of aromatic hydroxyl groups is 1.